The van der Waals surface area contributed by atoms with Crippen molar-refractivity contribution in [3.63, 3.8) is 0 Å². The average molecular weight is 374 g/mol. The molecule has 0 aliphatic rings. The van der Waals surface area contributed by atoms with Gasteiger partial charge in [0.05, 0.1) is 0 Å². The van der Waals surface area contributed by atoms with Gasteiger partial charge in [-0.2, -0.15) is 0 Å². The van der Waals surface area contributed by atoms with Crippen molar-refractivity contribution < 1.29 is 0 Å². The van der Waals surface area contributed by atoms with Crippen LogP contribution >= 0.6 is 8.58 Å². The van der Waals surface area contributed by atoms with Crippen LogP contribution in [0, 0.1) is 0 Å². The van der Waals surface area contributed by atoms with Crippen LogP contribution < -0.4 is 16.3 Å². The van der Waals surface area contributed by atoms with Crippen LogP contribution in [0.2, 0.25) is 0 Å². The van der Waals surface area contributed by atoms with Crippen molar-refractivity contribution in [3.05, 3.63) is 72.8 Å². The summed E-state index contributed by atoms with van der Waals surface area (Å²) >= 11 is 0. The van der Waals surface area contributed by atoms with Crippen LogP contribution in [0.4, 0.5) is 5.82 Å². The number of anilines is 1. The molecule has 2 aromatic heterocycles. The van der Waals surface area contributed by atoms with Crippen molar-refractivity contribution in [3.8, 4) is 11.3 Å². The van der Waals surface area contributed by atoms with E-state index in [-0.39, 0.29) is 5.41 Å². The summed E-state index contributed by atoms with van der Waals surface area (Å²) in [6, 6.07) is 19.2. The Labute approximate surface area is 161 Å². The third kappa shape index (κ3) is 3.45. The predicted molar refractivity (Wildman–Crippen MR) is 116 cm³/mol. The summed E-state index contributed by atoms with van der Waals surface area (Å²) in [5.74, 6) is 1.49. The maximum Gasteiger partial charge on any atom is 0.150 e. The molecule has 0 amide bonds. The molecular formula is C22H23N4P. The number of rotatable bonds is 3. The Hall–Kier alpha value is -2.71. The Balaban J connectivity index is 1.76. The molecule has 5 heteroatoms. The molecule has 2 N–H and O–H groups in total. The van der Waals surface area contributed by atoms with E-state index in [1.165, 1.54) is 10.6 Å². The molecule has 1 unspecified atom stereocenters. The van der Waals surface area contributed by atoms with Crippen LogP contribution in [0.15, 0.2) is 67.0 Å². The molecular weight excluding hydrogens is 351 g/mol. The van der Waals surface area contributed by atoms with Crippen LogP contribution in [-0.4, -0.2) is 14.4 Å². The number of nitrogens with zero attached hydrogens (tertiary/aromatic N) is 3. The molecule has 27 heavy (non-hydrogen) atoms. The van der Waals surface area contributed by atoms with Crippen molar-refractivity contribution in [2.24, 2.45) is 0 Å². The molecule has 0 aliphatic carbocycles. The monoisotopic (exact) mass is 374 g/mol. The Morgan fingerprint density at radius 3 is 2.26 bits per heavy atom. The van der Waals surface area contributed by atoms with Crippen molar-refractivity contribution >= 4 is 30.5 Å². The number of hydrogen-bond acceptors (Lipinski definition) is 3. The minimum absolute atomic E-state index is 0.0937. The first kappa shape index (κ1) is 17.7. The number of imidazole rings is 1. The van der Waals surface area contributed by atoms with Gasteiger partial charge in [-0.05, 0) is 10.6 Å². The molecule has 136 valence electrons. The minimum atomic E-state index is -0.0937. The summed E-state index contributed by atoms with van der Waals surface area (Å²) in [5, 5.41) is 2.64. The number of hydrogen-bond donors (Lipinski definition) is 1. The normalized spacial score (nSPS) is 12.3. The van der Waals surface area contributed by atoms with Gasteiger partial charge in [0, 0.05) is 23.4 Å². The highest BCUT2D eigenvalue weighted by Crippen LogP contribution is 2.32. The zero-order valence-electron chi connectivity index (χ0n) is 15.8. The predicted octanol–water partition coefficient (Wildman–Crippen LogP) is 3.91. The van der Waals surface area contributed by atoms with E-state index in [2.05, 4.69) is 78.7 Å². The van der Waals surface area contributed by atoms with Gasteiger partial charge >= 0.3 is 0 Å². The molecule has 0 fully saturated rings. The molecule has 0 saturated heterocycles. The van der Waals surface area contributed by atoms with Gasteiger partial charge in [0.15, 0.2) is 0 Å². The fourth-order valence-electron chi connectivity index (χ4n) is 3.19. The molecule has 0 aliphatic heterocycles. The highest BCUT2D eigenvalue weighted by molar-refractivity contribution is 7.55. The van der Waals surface area contributed by atoms with Crippen molar-refractivity contribution in [2.75, 3.05) is 5.73 Å². The smallest absolute Gasteiger partial charge is 0.150 e. The molecule has 0 saturated carbocycles. The lowest BCUT2D eigenvalue weighted by molar-refractivity contribution is 0.543. The summed E-state index contributed by atoms with van der Waals surface area (Å²) in [4.78, 5) is 9.23. The fourth-order valence-corrected chi connectivity index (χ4v) is 4.22. The van der Waals surface area contributed by atoms with Gasteiger partial charge in [-0.3, -0.25) is 4.40 Å². The SMILES string of the molecule is CC(C)(C)c1nc(-c2ccc(Pc3ccccc3)cc2)c2c(N)nccn12. The third-order valence-corrected chi connectivity index (χ3v) is 5.72. The topological polar surface area (TPSA) is 56.2 Å². The quantitative estimate of drug-likeness (QED) is 0.553. The van der Waals surface area contributed by atoms with Gasteiger partial charge in [0.2, 0.25) is 0 Å². The van der Waals surface area contributed by atoms with Crippen LogP contribution in [-0.2, 0) is 5.41 Å². The van der Waals surface area contributed by atoms with Crippen molar-refractivity contribution in [1.29, 1.82) is 0 Å². The van der Waals surface area contributed by atoms with Crippen LogP contribution in [0.3, 0.4) is 0 Å². The van der Waals surface area contributed by atoms with Gasteiger partial charge in [-0.25, -0.2) is 9.97 Å². The molecule has 0 spiro atoms. The second-order valence-corrected chi connectivity index (χ2v) is 9.04. The summed E-state index contributed by atoms with van der Waals surface area (Å²) < 4.78 is 2.07. The summed E-state index contributed by atoms with van der Waals surface area (Å²) in [6.07, 6.45) is 3.67. The largest absolute Gasteiger partial charge is 0.382 e. The Bertz CT molecular complexity index is 1080. The van der Waals surface area contributed by atoms with Gasteiger partial charge < -0.3 is 5.73 Å². The van der Waals surface area contributed by atoms with E-state index < -0.39 is 0 Å². The number of nitrogens with two attached hydrogens (primary N) is 1. The molecule has 4 aromatic rings. The van der Waals surface area contributed by atoms with E-state index >= 15 is 0 Å². The number of nitrogen functional groups attached to an aromatic ring is 1. The first-order valence-corrected chi connectivity index (χ1v) is 9.99. The molecule has 4 nitrogen and oxygen atoms in total. The van der Waals surface area contributed by atoms with Gasteiger partial charge in [0.1, 0.15) is 22.9 Å². The molecule has 2 heterocycles. The Kier molecular flexibility index (Phi) is 4.45. The van der Waals surface area contributed by atoms with Gasteiger partial charge in [-0.15, -0.1) is 0 Å². The third-order valence-electron chi connectivity index (χ3n) is 4.47. The molecule has 4 rings (SSSR count). The summed E-state index contributed by atoms with van der Waals surface area (Å²) in [6.45, 7) is 6.48. The first-order valence-electron chi connectivity index (χ1n) is 8.99. The van der Waals surface area contributed by atoms with E-state index in [4.69, 9.17) is 10.7 Å². The summed E-state index contributed by atoms with van der Waals surface area (Å²) in [7, 11) is 0.643. The van der Waals surface area contributed by atoms with Crippen molar-refractivity contribution in [1.82, 2.24) is 14.4 Å². The highest BCUT2D eigenvalue weighted by atomic mass is 31.1. The second-order valence-electron chi connectivity index (χ2n) is 7.63. The van der Waals surface area contributed by atoms with E-state index in [0.29, 0.717) is 14.4 Å². The molecule has 2 aromatic carbocycles. The molecule has 0 radical (unpaired) electrons. The maximum absolute atomic E-state index is 6.21. The standard InChI is InChI=1S/C22H23N4P/c1-22(2,3)21-25-18(19-20(23)24-13-14-26(19)21)15-9-11-17(12-10-15)27-16-7-5-4-6-8-16/h4-14,27H,1-3H3,(H2,23,24). The average Bonchev–Trinajstić information content (AvgIpc) is 3.05. The van der Waals surface area contributed by atoms with E-state index in [9.17, 15) is 0 Å². The zero-order valence-corrected chi connectivity index (χ0v) is 16.8. The lowest BCUT2D eigenvalue weighted by atomic mass is 9.96. The minimum Gasteiger partial charge on any atom is -0.382 e. The van der Waals surface area contributed by atoms with E-state index in [0.717, 1.165) is 22.6 Å². The van der Waals surface area contributed by atoms with E-state index in [1.54, 1.807) is 6.20 Å². The fraction of sp³-hybridized carbons (Fsp3) is 0.182. The van der Waals surface area contributed by atoms with Gasteiger partial charge in [0.25, 0.3) is 0 Å². The van der Waals surface area contributed by atoms with Crippen LogP contribution in [0.1, 0.15) is 26.6 Å². The maximum atomic E-state index is 6.21. The second kappa shape index (κ2) is 6.79. The lowest BCUT2D eigenvalue weighted by Crippen LogP contribution is -2.16. The highest BCUT2D eigenvalue weighted by Gasteiger charge is 2.24. The van der Waals surface area contributed by atoms with Gasteiger partial charge in [-0.1, -0.05) is 83.9 Å². The molecule has 0 bridgehead atoms. The molecule has 1 atom stereocenters. The number of fused-ring (bicyclic) bond motifs is 1. The van der Waals surface area contributed by atoms with Crippen LogP contribution in [0.5, 0.6) is 0 Å². The van der Waals surface area contributed by atoms with E-state index in [1.807, 2.05) is 12.3 Å². The number of benzene rings is 2. The Morgan fingerprint density at radius 1 is 0.926 bits per heavy atom. The lowest BCUT2D eigenvalue weighted by Gasteiger charge is -2.16. The zero-order chi connectivity index (χ0) is 19.0. The first-order chi connectivity index (χ1) is 12.9. The van der Waals surface area contributed by atoms with Crippen molar-refractivity contribution in [2.45, 2.75) is 26.2 Å². The van der Waals surface area contributed by atoms with Crippen LogP contribution in [0.25, 0.3) is 16.8 Å². The summed E-state index contributed by atoms with van der Waals surface area (Å²) in [5.41, 5.74) is 8.94. The Morgan fingerprint density at radius 2 is 1.59 bits per heavy atom. The number of aromatic nitrogens is 3.